The number of rotatable bonds is 7. The highest BCUT2D eigenvalue weighted by Gasteiger charge is 2.08. The Labute approximate surface area is 135 Å². The van der Waals surface area contributed by atoms with Crippen molar-refractivity contribution in [1.29, 1.82) is 0 Å². The molecule has 0 bridgehead atoms. The van der Waals surface area contributed by atoms with E-state index in [-0.39, 0.29) is 5.69 Å². The zero-order valence-corrected chi connectivity index (χ0v) is 13.5. The van der Waals surface area contributed by atoms with Crippen molar-refractivity contribution in [2.75, 3.05) is 32.7 Å². The van der Waals surface area contributed by atoms with Crippen LogP contribution in [0.1, 0.15) is 5.56 Å². The van der Waals surface area contributed by atoms with Crippen LogP contribution in [0.25, 0.3) is 0 Å². The van der Waals surface area contributed by atoms with Crippen molar-refractivity contribution in [2.45, 2.75) is 6.42 Å². The van der Waals surface area contributed by atoms with Crippen LogP contribution in [0.4, 0.5) is 11.4 Å². The maximum Gasteiger partial charge on any atom is 0.269 e. The number of ether oxygens (including phenoxy) is 2. The first-order valence-corrected chi connectivity index (χ1v) is 7.21. The molecule has 2 aromatic rings. The Kier molecular flexibility index (Phi) is 5.41. The Hall–Kier alpha value is -2.76. The van der Waals surface area contributed by atoms with Crippen LogP contribution in [0.5, 0.6) is 11.5 Å². The molecule has 6 nitrogen and oxygen atoms in total. The second-order valence-electron chi connectivity index (χ2n) is 5.13. The average molecular weight is 316 g/mol. The number of nitro groups is 1. The summed E-state index contributed by atoms with van der Waals surface area (Å²) in [6.45, 7) is 0.785. The number of non-ortho nitro benzene ring substituents is 1. The van der Waals surface area contributed by atoms with Gasteiger partial charge in [0.15, 0.2) is 11.5 Å². The molecule has 0 spiro atoms. The monoisotopic (exact) mass is 316 g/mol. The summed E-state index contributed by atoms with van der Waals surface area (Å²) in [5, 5.41) is 10.7. The lowest BCUT2D eigenvalue weighted by Crippen LogP contribution is -2.20. The Balaban J connectivity index is 2.01. The molecule has 0 amide bonds. The summed E-state index contributed by atoms with van der Waals surface area (Å²) >= 11 is 0. The molecule has 0 aromatic heterocycles. The second-order valence-corrected chi connectivity index (χ2v) is 5.13. The van der Waals surface area contributed by atoms with E-state index in [0.717, 1.165) is 24.2 Å². The summed E-state index contributed by atoms with van der Waals surface area (Å²) in [5.41, 5.74) is 2.18. The highest BCUT2D eigenvalue weighted by Crippen LogP contribution is 2.28. The van der Waals surface area contributed by atoms with Crippen LogP contribution in [0.3, 0.4) is 0 Å². The van der Waals surface area contributed by atoms with Crippen molar-refractivity contribution in [3.8, 4) is 11.5 Å². The van der Waals surface area contributed by atoms with Gasteiger partial charge < -0.3 is 14.4 Å². The topological polar surface area (TPSA) is 64.8 Å². The smallest absolute Gasteiger partial charge is 0.269 e. The third-order valence-electron chi connectivity index (χ3n) is 3.69. The predicted octanol–water partition coefficient (Wildman–Crippen LogP) is 3.29. The molecule has 0 aliphatic carbocycles. The van der Waals surface area contributed by atoms with E-state index >= 15 is 0 Å². The van der Waals surface area contributed by atoms with E-state index in [1.54, 1.807) is 26.4 Å². The standard InChI is InChI=1S/C17H20N2O4/c1-18(14-5-7-15(8-6-14)19(20)21)11-10-13-4-9-16(22-2)17(12-13)23-3/h4-9,12H,10-11H2,1-3H3. The van der Waals surface area contributed by atoms with Crippen molar-refractivity contribution in [3.63, 3.8) is 0 Å². The maximum absolute atomic E-state index is 10.7. The van der Waals surface area contributed by atoms with E-state index in [0.29, 0.717) is 11.5 Å². The lowest BCUT2D eigenvalue weighted by molar-refractivity contribution is -0.384. The van der Waals surface area contributed by atoms with E-state index in [2.05, 4.69) is 4.90 Å². The number of methoxy groups -OCH3 is 2. The van der Waals surface area contributed by atoms with Gasteiger partial charge in [0.05, 0.1) is 19.1 Å². The van der Waals surface area contributed by atoms with Crippen LogP contribution in [-0.4, -0.2) is 32.7 Å². The molecule has 0 saturated heterocycles. The Morgan fingerprint density at radius 2 is 1.70 bits per heavy atom. The van der Waals surface area contributed by atoms with E-state index in [1.165, 1.54) is 12.1 Å². The van der Waals surface area contributed by atoms with E-state index in [4.69, 9.17) is 9.47 Å². The molecule has 122 valence electrons. The molecule has 2 rings (SSSR count). The van der Waals surface area contributed by atoms with E-state index in [9.17, 15) is 10.1 Å². The third kappa shape index (κ3) is 4.12. The quantitative estimate of drug-likeness (QED) is 0.579. The summed E-state index contributed by atoms with van der Waals surface area (Å²) in [5.74, 6) is 1.42. The number of anilines is 1. The molecule has 6 heteroatoms. The lowest BCUT2D eigenvalue weighted by Gasteiger charge is -2.19. The molecule has 0 aliphatic rings. The molecular formula is C17H20N2O4. The van der Waals surface area contributed by atoms with Crippen molar-refractivity contribution < 1.29 is 14.4 Å². The summed E-state index contributed by atoms with van der Waals surface area (Å²) < 4.78 is 10.5. The first-order chi connectivity index (χ1) is 11.0. The molecule has 0 aliphatic heterocycles. The summed E-state index contributed by atoms with van der Waals surface area (Å²) in [4.78, 5) is 12.3. The van der Waals surface area contributed by atoms with Crippen LogP contribution >= 0.6 is 0 Å². The average Bonchev–Trinajstić information content (AvgIpc) is 2.59. The fourth-order valence-electron chi connectivity index (χ4n) is 2.29. The van der Waals surface area contributed by atoms with E-state index < -0.39 is 4.92 Å². The van der Waals surface area contributed by atoms with Gasteiger partial charge in [0, 0.05) is 31.4 Å². The number of benzene rings is 2. The lowest BCUT2D eigenvalue weighted by atomic mass is 10.1. The first kappa shape index (κ1) is 16.6. The molecule has 0 saturated carbocycles. The molecule has 0 unspecified atom stereocenters. The highest BCUT2D eigenvalue weighted by molar-refractivity contribution is 5.50. The van der Waals surface area contributed by atoms with Gasteiger partial charge in [-0.1, -0.05) is 6.07 Å². The van der Waals surface area contributed by atoms with Gasteiger partial charge in [-0.15, -0.1) is 0 Å². The van der Waals surface area contributed by atoms with Crippen molar-refractivity contribution in [2.24, 2.45) is 0 Å². The Bertz CT molecular complexity index is 671. The van der Waals surface area contributed by atoms with Crippen LogP contribution in [0.2, 0.25) is 0 Å². The van der Waals surface area contributed by atoms with E-state index in [1.807, 2.05) is 25.2 Å². The van der Waals surface area contributed by atoms with Gasteiger partial charge in [-0.05, 0) is 36.2 Å². The normalized spacial score (nSPS) is 10.2. The first-order valence-electron chi connectivity index (χ1n) is 7.21. The minimum absolute atomic E-state index is 0.0991. The van der Waals surface area contributed by atoms with Gasteiger partial charge in [-0.2, -0.15) is 0 Å². The minimum atomic E-state index is -0.395. The number of hydrogen-bond acceptors (Lipinski definition) is 5. The summed E-state index contributed by atoms with van der Waals surface area (Å²) in [6, 6.07) is 12.4. The summed E-state index contributed by atoms with van der Waals surface area (Å²) in [6.07, 6.45) is 0.827. The van der Waals surface area contributed by atoms with Crippen LogP contribution in [0, 0.1) is 10.1 Å². The largest absolute Gasteiger partial charge is 0.493 e. The highest BCUT2D eigenvalue weighted by atomic mass is 16.6. The van der Waals surface area contributed by atoms with Crippen molar-refractivity contribution >= 4 is 11.4 Å². The van der Waals surface area contributed by atoms with Crippen LogP contribution in [-0.2, 0) is 6.42 Å². The number of likely N-dealkylation sites (N-methyl/N-ethyl adjacent to an activating group) is 1. The molecule has 0 radical (unpaired) electrons. The van der Waals surface area contributed by atoms with Gasteiger partial charge in [0.2, 0.25) is 0 Å². The van der Waals surface area contributed by atoms with Gasteiger partial charge in [-0.3, -0.25) is 10.1 Å². The number of nitrogens with zero attached hydrogens (tertiary/aromatic N) is 2. The van der Waals surface area contributed by atoms with Crippen molar-refractivity contribution in [1.82, 2.24) is 0 Å². The Morgan fingerprint density at radius 1 is 1.04 bits per heavy atom. The molecular weight excluding hydrogens is 296 g/mol. The molecule has 0 atom stereocenters. The number of nitro benzene ring substituents is 1. The molecule has 0 heterocycles. The van der Waals surface area contributed by atoms with Gasteiger partial charge in [-0.25, -0.2) is 0 Å². The zero-order chi connectivity index (χ0) is 16.8. The predicted molar refractivity (Wildman–Crippen MR) is 89.6 cm³/mol. The molecule has 0 fully saturated rings. The second kappa shape index (κ2) is 7.49. The fraction of sp³-hybridized carbons (Fsp3) is 0.294. The molecule has 2 aromatic carbocycles. The third-order valence-corrected chi connectivity index (χ3v) is 3.69. The van der Waals surface area contributed by atoms with Crippen LogP contribution in [0.15, 0.2) is 42.5 Å². The SMILES string of the molecule is COc1ccc(CCN(C)c2ccc([N+](=O)[O-])cc2)cc1OC. The minimum Gasteiger partial charge on any atom is -0.493 e. The zero-order valence-electron chi connectivity index (χ0n) is 13.5. The number of hydrogen-bond donors (Lipinski definition) is 0. The van der Waals surface area contributed by atoms with Crippen LogP contribution < -0.4 is 14.4 Å². The fourth-order valence-corrected chi connectivity index (χ4v) is 2.29. The summed E-state index contributed by atoms with van der Waals surface area (Å²) in [7, 11) is 5.19. The Morgan fingerprint density at radius 3 is 2.26 bits per heavy atom. The molecule has 0 N–H and O–H groups in total. The van der Waals surface area contributed by atoms with Crippen molar-refractivity contribution in [3.05, 3.63) is 58.1 Å². The maximum atomic E-state index is 10.7. The van der Waals surface area contributed by atoms with Gasteiger partial charge in [0.1, 0.15) is 0 Å². The van der Waals surface area contributed by atoms with Gasteiger partial charge >= 0.3 is 0 Å². The molecule has 23 heavy (non-hydrogen) atoms. The van der Waals surface area contributed by atoms with Gasteiger partial charge in [0.25, 0.3) is 5.69 Å².